The van der Waals surface area contributed by atoms with E-state index in [0.717, 1.165) is 25.7 Å². The van der Waals surface area contributed by atoms with Crippen molar-refractivity contribution in [3.63, 3.8) is 0 Å². The largest absolute Gasteiger partial charge is 0.394 e. The van der Waals surface area contributed by atoms with Gasteiger partial charge in [0, 0.05) is 19.4 Å². The Kier molecular flexibility index (Phi) is 12.0. The molecule has 4 saturated carbocycles. The van der Waals surface area contributed by atoms with Crippen molar-refractivity contribution >= 4 is 0 Å². The van der Waals surface area contributed by atoms with Gasteiger partial charge in [0.15, 0.2) is 12.6 Å². The minimum absolute atomic E-state index is 0.0439. The van der Waals surface area contributed by atoms with Gasteiger partial charge in [-0.15, -0.1) is 0 Å². The number of ether oxygens (including phenoxy) is 5. The first kappa shape index (κ1) is 40.2. The van der Waals surface area contributed by atoms with E-state index in [2.05, 4.69) is 20.8 Å². The highest BCUT2D eigenvalue weighted by Crippen LogP contribution is 2.69. The van der Waals surface area contributed by atoms with Gasteiger partial charge in [0.05, 0.1) is 43.2 Å². The Balaban J connectivity index is 1.13. The first-order valence-electron chi connectivity index (χ1n) is 19.5. The third-order valence-electron chi connectivity index (χ3n) is 14.9. The second-order valence-corrected chi connectivity index (χ2v) is 18.0. The van der Waals surface area contributed by atoms with Gasteiger partial charge in [-0.3, -0.25) is 0 Å². The highest BCUT2D eigenvalue weighted by molar-refractivity contribution is 5.20. The Hall–Kier alpha value is -0.520. The van der Waals surface area contributed by atoms with Crippen LogP contribution in [0.15, 0.2) is 0 Å². The predicted octanol–water partition coefficient (Wildman–Crippen LogP) is 1.08. The normalized spacial score (nSPS) is 52.6. The molecule has 0 aromatic carbocycles. The lowest BCUT2D eigenvalue weighted by Gasteiger charge is -2.66. The van der Waals surface area contributed by atoms with Crippen LogP contribution >= 0.6 is 0 Å². The zero-order valence-corrected chi connectivity index (χ0v) is 31.3. The fourth-order valence-electron chi connectivity index (χ4n) is 12.2. The van der Waals surface area contributed by atoms with Crippen molar-refractivity contribution in [2.24, 2.45) is 46.3 Å². The lowest BCUT2D eigenvalue weighted by Crippen LogP contribution is -2.68. The summed E-state index contributed by atoms with van der Waals surface area (Å²) in [6.07, 6.45) is -5.08. The van der Waals surface area contributed by atoms with Gasteiger partial charge >= 0.3 is 0 Å². The number of aliphatic hydroxyl groups excluding tert-OH is 7. The maximum atomic E-state index is 12.6. The fraction of sp³-hybridized carbons (Fsp3) is 1.00. The van der Waals surface area contributed by atoms with E-state index in [4.69, 9.17) is 23.7 Å². The first-order valence-corrected chi connectivity index (χ1v) is 19.5. The molecule has 0 bridgehead atoms. The molecular weight excluding hydrogens is 664 g/mol. The molecule has 8 N–H and O–H groups in total. The number of hydrogen-bond donors (Lipinski definition) is 8. The number of methoxy groups -OCH3 is 1. The molecule has 51 heavy (non-hydrogen) atoms. The van der Waals surface area contributed by atoms with Crippen LogP contribution in [0.2, 0.25) is 0 Å². The third kappa shape index (κ3) is 6.97. The molecule has 6 fully saturated rings. The van der Waals surface area contributed by atoms with Gasteiger partial charge in [-0.2, -0.15) is 0 Å². The van der Waals surface area contributed by atoms with E-state index in [0.29, 0.717) is 25.7 Å². The quantitative estimate of drug-likeness (QED) is 0.150. The average molecular weight is 731 g/mol. The summed E-state index contributed by atoms with van der Waals surface area (Å²) in [5.41, 5.74) is -1.80. The molecule has 5 unspecified atom stereocenters. The van der Waals surface area contributed by atoms with Crippen LogP contribution < -0.4 is 0 Å². The van der Waals surface area contributed by atoms with Crippen LogP contribution in [0.4, 0.5) is 0 Å². The highest BCUT2D eigenvalue weighted by Gasteiger charge is 2.70. The molecule has 13 nitrogen and oxygen atoms in total. The van der Waals surface area contributed by atoms with Crippen molar-refractivity contribution in [3.05, 3.63) is 0 Å². The van der Waals surface area contributed by atoms with E-state index in [1.165, 1.54) is 7.11 Å². The Labute approximate surface area is 302 Å². The van der Waals surface area contributed by atoms with Crippen molar-refractivity contribution in [1.29, 1.82) is 0 Å². The Morgan fingerprint density at radius 3 is 2.20 bits per heavy atom. The SMILES string of the molecule is CO[C@H]1[C@H](O[C@H]2[C@H](OC(CCC(C)[C@H]3C[C@@H](O)C4[C@]5(O)C[C@H](O)C6C[C@@H](O)CC[C@]6(C)C5CC[C@@]43C)C(C)C)O[C@@H](CO)[C@@H]2O)OC[C@@H](O)[C@@H]1O. The van der Waals surface area contributed by atoms with E-state index in [1.807, 2.05) is 13.8 Å². The van der Waals surface area contributed by atoms with E-state index in [1.54, 1.807) is 0 Å². The molecule has 6 aliphatic rings. The molecule has 20 atom stereocenters. The Morgan fingerprint density at radius 1 is 0.824 bits per heavy atom. The number of aliphatic hydroxyl groups is 8. The molecule has 6 rings (SSSR count). The summed E-state index contributed by atoms with van der Waals surface area (Å²) in [7, 11) is 1.36. The summed E-state index contributed by atoms with van der Waals surface area (Å²) >= 11 is 0. The van der Waals surface area contributed by atoms with Crippen molar-refractivity contribution in [3.8, 4) is 0 Å². The zero-order chi connectivity index (χ0) is 37.2. The maximum Gasteiger partial charge on any atom is 0.187 e. The van der Waals surface area contributed by atoms with Gasteiger partial charge in [-0.05, 0) is 91.8 Å². The number of rotatable bonds is 11. The van der Waals surface area contributed by atoms with Crippen LogP contribution in [0.5, 0.6) is 0 Å². The smallest absolute Gasteiger partial charge is 0.187 e. The van der Waals surface area contributed by atoms with Crippen molar-refractivity contribution < 1.29 is 64.5 Å². The second-order valence-electron chi connectivity index (χ2n) is 18.0. The van der Waals surface area contributed by atoms with Crippen LogP contribution in [0, 0.1) is 46.3 Å². The summed E-state index contributed by atoms with van der Waals surface area (Å²) in [6, 6.07) is 0. The van der Waals surface area contributed by atoms with Gasteiger partial charge < -0.3 is 64.5 Å². The van der Waals surface area contributed by atoms with Crippen molar-refractivity contribution in [2.75, 3.05) is 20.3 Å². The molecule has 2 heterocycles. The van der Waals surface area contributed by atoms with Gasteiger partial charge in [0.2, 0.25) is 0 Å². The Morgan fingerprint density at radius 2 is 1.53 bits per heavy atom. The summed E-state index contributed by atoms with van der Waals surface area (Å²) in [5.74, 6) is -0.0804. The molecule has 296 valence electrons. The van der Waals surface area contributed by atoms with Crippen molar-refractivity contribution in [1.82, 2.24) is 0 Å². The monoisotopic (exact) mass is 730 g/mol. The summed E-state index contributed by atoms with van der Waals surface area (Å²) in [5, 5.41) is 87.7. The maximum absolute atomic E-state index is 12.6. The van der Waals surface area contributed by atoms with E-state index < -0.39 is 79.7 Å². The molecule has 2 aliphatic heterocycles. The standard InChI is InChI=1S/C38H66O13/c1-18(2)26(49-35-32(30(45)27(16-39)50-35)51-34-31(47-6)29(44)25(43)17-48-34)8-7-19(3)21-14-23(41)33-37(21,5)12-10-28-36(4)11-9-20(40)13-22(36)24(42)15-38(28,33)46/h18-35,39-46H,7-17H2,1-6H3/t19?,20-,21+,22?,23+,24-,25+,26?,27-,28?,29-,30-,31+,32+,33?,34-,35+,36-,37+,38-/m0/s1. The van der Waals surface area contributed by atoms with Crippen LogP contribution in [0.1, 0.15) is 92.4 Å². The molecule has 0 aromatic heterocycles. The number of fused-ring (bicyclic) bond motifs is 5. The minimum Gasteiger partial charge on any atom is -0.394 e. The van der Waals surface area contributed by atoms with E-state index in [9.17, 15) is 40.9 Å². The fourth-order valence-corrected chi connectivity index (χ4v) is 12.2. The molecule has 0 spiro atoms. The molecule has 2 saturated heterocycles. The number of hydrogen-bond acceptors (Lipinski definition) is 13. The second kappa shape index (κ2) is 15.2. The van der Waals surface area contributed by atoms with Crippen molar-refractivity contribution in [2.45, 2.75) is 172 Å². The molecule has 0 radical (unpaired) electrons. The zero-order valence-electron chi connectivity index (χ0n) is 31.3. The van der Waals surface area contributed by atoms with Gasteiger partial charge in [-0.1, -0.05) is 34.6 Å². The average Bonchev–Trinajstić information content (AvgIpc) is 3.53. The minimum atomic E-state index is -1.26. The lowest BCUT2D eigenvalue weighted by molar-refractivity contribution is -0.311. The lowest BCUT2D eigenvalue weighted by atomic mass is 9.42. The molecule has 0 amide bonds. The summed E-state index contributed by atoms with van der Waals surface area (Å²) in [4.78, 5) is 0. The first-order chi connectivity index (χ1) is 24.0. The highest BCUT2D eigenvalue weighted by atomic mass is 16.8. The van der Waals surface area contributed by atoms with Gasteiger partial charge in [-0.25, -0.2) is 0 Å². The third-order valence-corrected chi connectivity index (χ3v) is 14.9. The van der Waals surface area contributed by atoms with E-state index in [-0.39, 0.29) is 65.5 Å². The predicted molar refractivity (Wildman–Crippen MR) is 183 cm³/mol. The summed E-state index contributed by atoms with van der Waals surface area (Å²) in [6.45, 7) is 10.1. The molecule has 4 aliphatic carbocycles. The van der Waals surface area contributed by atoms with Gasteiger partial charge in [0.25, 0.3) is 0 Å². The topological polar surface area (TPSA) is 208 Å². The molecular formula is C38H66O13. The summed E-state index contributed by atoms with van der Waals surface area (Å²) < 4.78 is 29.5. The van der Waals surface area contributed by atoms with Crippen LogP contribution in [-0.2, 0) is 23.7 Å². The van der Waals surface area contributed by atoms with Gasteiger partial charge in [0.1, 0.15) is 36.6 Å². The van der Waals surface area contributed by atoms with Crippen LogP contribution in [-0.4, -0.2) is 140 Å². The molecule has 0 aromatic rings. The molecule has 13 heteroatoms. The van der Waals surface area contributed by atoms with E-state index >= 15 is 0 Å². The van der Waals surface area contributed by atoms with Crippen LogP contribution in [0.25, 0.3) is 0 Å². The Bertz CT molecular complexity index is 1180. The van der Waals surface area contributed by atoms with Crippen LogP contribution in [0.3, 0.4) is 0 Å².